The molecule has 2 amide bonds. The molecule has 0 saturated heterocycles. The molecule has 5 heteroatoms. The molecule has 1 aromatic heterocycles. The van der Waals surface area contributed by atoms with Crippen LogP contribution < -0.4 is 5.32 Å². The molecule has 0 spiro atoms. The molecule has 1 aliphatic carbocycles. The number of likely N-dealkylation sites (N-methyl/N-ethyl adjacent to an activating group) is 1. The van der Waals surface area contributed by atoms with Gasteiger partial charge in [-0.25, -0.2) is 0 Å². The van der Waals surface area contributed by atoms with Crippen molar-refractivity contribution in [1.29, 1.82) is 0 Å². The van der Waals surface area contributed by atoms with E-state index >= 15 is 0 Å². The third-order valence-electron chi connectivity index (χ3n) is 4.86. The predicted octanol–water partition coefficient (Wildman–Crippen LogP) is 2.08. The Hall–Kier alpha value is -2.69. The highest BCUT2D eigenvalue weighted by atomic mass is 16.2. The lowest BCUT2D eigenvalue weighted by atomic mass is 10.1. The molecule has 0 bridgehead atoms. The molecule has 2 aromatic rings. The maximum absolute atomic E-state index is 12.5. The summed E-state index contributed by atoms with van der Waals surface area (Å²) in [6.45, 7) is 1.26. The minimum Gasteiger partial charge on any atom is -0.356 e. The van der Waals surface area contributed by atoms with Gasteiger partial charge in [0, 0.05) is 32.5 Å². The van der Waals surface area contributed by atoms with Crippen molar-refractivity contribution in [2.24, 2.45) is 11.8 Å². The summed E-state index contributed by atoms with van der Waals surface area (Å²) in [4.78, 5) is 30.4. The Labute approximate surface area is 154 Å². The van der Waals surface area contributed by atoms with Gasteiger partial charge in [0.2, 0.25) is 11.8 Å². The van der Waals surface area contributed by atoms with Crippen LogP contribution >= 0.6 is 0 Å². The lowest BCUT2D eigenvalue weighted by Gasteiger charge is -2.17. The molecule has 1 aliphatic rings. The predicted molar refractivity (Wildman–Crippen MR) is 100 cm³/mol. The molecule has 1 saturated carbocycles. The summed E-state index contributed by atoms with van der Waals surface area (Å²) < 4.78 is 0. The second kappa shape index (κ2) is 8.61. The van der Waals surface area contributed by atoms with Gasteiger partial charge in [-0.05, 0) is 42.5 Å². The molecule has 2 unspecified atom stereocenters. The molecule has 0 aliphatic heterocycles. The van der Waals surface area contributed by atoms with E-state index in [-0.39, 0.29) is 23.7 Å². The van der Waals surface area contributed by atoms with Crippen LogP contribution in [0.2, 0.25) is 0 Å². The molecule has 1 heterocycles. The first-order chi connectivity index (χ1) is 12.6. The van der Waals surface area contributed by atoms with Crippen LogP contribution in [0.1, 0.15) is 17.5 Å². The number of rotatable bonds is 8. The summed E-state index contributed by atoms with van der Waals surface area (Å²) >= 11 is 0. The molecule has 26 heavy (non-hydrogen) atoms. The first-order valence-corrected chi connectivity index (χ1v) is 9.10. The molecular weight excluding hydrogens is 326 g/mol. The van der Waals surface area contributed by atoms with Crippen LogP contribution in [0, 0.1) is 11.8 Å². The van der Waals surface area contributed by atoms with Crippen LogP contribution in [0.4, 0.5) is 0 Å². The fourth-order valence-corrected chi connectivity index (χ4v) is 3.10. The van der Waals surface area contributed by atoms with Gasteiger partial charge < -0.3 is 10.2 Å². The summed E-state index contributed by atoms with van der Waals surface area (Å²) in [6, 6.07) is 14.0. The molecule has 5 nitrogen and oxygen atoms in total. The van der Waals surface area contributed by atoms with Gasteiger partial charge in [0.05, 0.1) is 11.8 Å². The fourth-order valence-electron chi connectivity index (χ4n) is 3.10. The van der Waals surface area contributed by atoms with E-state index in [1.165, 1.54) is 5.56 Å². The van der Waals surface area contributed by atoms with Crippen molar-refractivity contribution in [3.8, 4) is 0 Å². The van der Waals surface area contributed by atoms with E-state index in [0.29, 0.717) is 19.5 Å². The van der Waals surface area contributed by atoms with Crippen molar-refractivity contribution in [3.05, 3.63) is 66.0 Å². The summed E-state index contributed by atoms with van der Waals surface area (Å²) in [5.74, 6) is -0.250. The Kier molecular flexibility index (Phi) is 6.00. The maximum atomic E-state index is 12.5. The van der Waals surface area contributed by atoms with Gasteiger partial charge in [0.25, 0.3) is 0 Å². The van der Waals surface area contributed by atoms with Gasteiger partial charge >= 0.3 is 0 Å². The number of amides is 2. The van der Waals surface area contributed by atoms with E-state index in [4.69, 9.17) is 0 Å². The van der Waals surface area contributed by atoms with E-state index < -0.39 is 0 Å². The average molecular weight is 351 g/mol. The number of hydrogen-bond donors (Lipinski definition) is 1. The molecule has 136 valence electrons. The van der Waals surface area contributed by atoms with Gasteiger partial charge in [-0.3, -0.25) is 14.6 Å². The Morgan fingerprint density at radius 2 is 1.73 bits per heavy atom. The summed E-state index contributed by atoms with van der Waals surface area (Å²) in [7, 11) is 1.81. The second-order valence-corrected chi connectivity index (χ2v) is 6.84. The lowest BCUT2D eigenvalue weighted by Crippen LogP contribution is -2.33. The molecular formula is C21H25N3O2. The molecule has 2 atom stereocenters. The standard InChI is InChI=1S/C21H25N3O2/c1-24(14-10-17-7-11-22-12-8-17)21(26)19-15-18(19)20(25)23-13-9-16-5-3-2-4-6-16/h2-8,11-12,18-19H,9-10,13-15H2,1H3,(H,23,25). The highest BCUT2D eigenvalue weighted by Gasteiger charge is 2.48. The first-order valence-electron chi connectivity index (χ1n) is 9.10. The number of aromatic nitrogens is 1. The topological polar surface area (TPSA) is 62.3 Å². The van der Waals surface area contributed by atoms with Gasteiger partial charge in [-0.15, -0.1) is 0 Å². The zero-order chi connectivity index (χ0) is 18.4. The van der Waals surface area contributed by atoms with E-state index in [2.05, 4.69) is 10.3 Å². The number of nitrogens with one attached hydrogen (secondary N) is 1. The van der Waals surface area contributed by atoms with Crippen molar-refractivity contribution in [3.63, 3.8) is 0 Å². The normalized spacial score (nSPS) is 18.2. The fraction of sp³-hybridized carbons (Fsp3) is 0.381. The molecule has 1 N–H and O–H groups in total. The Bertz CT molecular complexity index is 733. The van der Waals surface area contributed by atoms with Crippen LogP contribution in [0.3, 0.4) is 0 Å². The van der Waals surface area contributed by atoms with Gasteiger partial charge in [0.1, 0.15) is 0 Å². The first kappa shape index (κ1) is 18.1. The van der Waals surface area contributed by atoms with Crippen LogP contribution in [-0.4, -0.2) is 41.8 Å². The number of carbonyl (C=O) groups excluding carboxylic acids is 2. The summed E-state index contributed by atoms with van der Waals surface area (Å²) in [6.07, 6.45) is 5.78. The van der Waals surface area contributed by atoms with Crippen molar-refractivity contribution in [1.82, 2.24) is 15.2 Å². The highest BCUT2D eigenvalue weighted by molar-refractivity contribution is 5.92. The smallest absolute Gasteiger partial charge is 0.226 e. The van der Waals surface area contributed by atoms with Crippen LogP contribution in [-0.2, 0) is 22.4 Å². The quantitative estimate of drug-likeness (QED) is 0.792. The van der Waals surface area contributed by atoms with Crippen LogP contribution in [0.25, 0.3) is 0 Å². The monoisotopic (exact) mass is 351 g/mol. The zero-order valence-corrected chi connectivity index (χ0v) is 15.1. The van der Waals surface area contributed by atoms with Gasteiger partial charge in [-0.1, -0.05) is 30.3 Å². The van der Waals surface area contributed by atoms with E-state index in [9.17, 15) is 9.59 Å². The van der Waals surface area contributed by atoms with Crippen molar-refractivity contribution in [2.45, 2.75) is 19.3 Å². The third kappa shape index (κ3) is 4.91. The summed E-state index contributed by atoms with van der Waals surface area (Å²) in [5.41, 5.74) is 2.36. The van der Waals surface area contributed by atoms with Crippen LogP contribution in [0.15, 0.2) is 54.9 Å². The van der Waals surface area contributed by atoms with Crippen LogP contribution in [0.5, 0.6) is 0 Å². The van der Waals surface area contributed by atoms with Crippen molar-refractivity contribution >= 4 is 11.8 Å². The lowest BCUT2D eigenvalue weighted by molar-refractivity contribution is -0.133. The van der Waals surface area contributed by atoms with Crippen molar-refractivity contribution < 1.29 is 9.59 Å². The minimum absolute atomic E-state index is 0.00168. The maximum Gasteiger partial charge on any atom is 0.226 e. The number of pyridine rings is 1. The number of hydrogen-bond acceptors (Lipinski definition) is 3. The van der Waals surface area contributed by atoms with E-state index in [1.807, 2.05) is 49.5 Å². The highest BCUT2D eigenvalue weighted by Crippen LogP contribution is 2.39. The second-order valence-electron chi connectivity index (χ2n) is 6.84. The van der Waals surface area contributed by atoms with Gasteiger partial charge in [-0.2, -0.15) is 0 Å². The molecule has 1 fully saturated rings. The molecule has 1 aromatic carbocycles. The van der Waals surface area contributed by atoms with Crippen molar-refractivity contribution in [2.75, 3.05) is 20.1 Å². The average Bonchev–Trinajstić information content (AvgIpc) is 3.48. The van der Waals surface area contributed by atoms with E-state index in [0.717, 1.165) is 18.4 Å². The zero-order valence-electron chi connectivity index (χ0n) is 15.1. The summed E-state index contributed by atoms with van der Waals surface area (Å²) in [5, 5.41) is 2.96. The number of benzene rings is 1. The van der Waals surface area contributed by atoms with E-state index in [1.54, 1.807) is 17.3 Å². The molecule has 3 rings (SSSR count). The Balaban J connectivity index is 1.38. The van der Waals surface area contributed by atoms with Gasteiger partial charge in [0.15, 0.2) is 0 Å². The Morgan fingerprint density at radius 1 is 1.04 bits per heavy atom. The largest absolute Gasteiger partial charge is 0.356 e. The number of carbonyl (C=O) groups is 2. The molecule has 0 radical (unpaired) electrons. The third-order valence-corrected chi connectivity index (χ3v) is 4.86. The minimum atomic E-state index is -0.165. The number of nitrogens with zero attached hydrogens (tertiary/aromatic N) is 2. The Morgan fingerprint density at radius 3 is 2.46 bits per heavy atom. The SMILES string of the molecule is CN(CCc1ccncc1)C(=O)C1CC1C(=O)NCCc1ccccc1.